The first-order valence-corrected chi connectivity index (χ1v) is 15.7. The van der Waals surface area contributed by atoms with Gasteiger partial charge in [-0.25, -0.2) is 0 Å². The Morgan fingerprint density at radius 3 is 2.05 bits per heavy atom. The summed E-state index contributed by atoms with van der Waals surface area (Å²) in [6.07, 6.45) is 3.81. The molecule has 3 aromatic carbocycles. The monoisotopic (exact) mass is 605 g/mol. The summed E-state index contributed by atoms with van der Waals surface area (Å²) in [5.74, 6) is 0. The molecule has 6 heteroatoms. The lowest BCUT2D eigenvalue weighted by Crippen LogP contribution is -2.53. The summed E-state index contributed by atoms with van der Waals surface area (Å²) in [7, 11) is 0. The molecule has 44 heavy (non-hydrogen) atoms. The number of likely N-dealkylation sites (tertiary alicyclic amines) is 1. The summed E-state index contributed by atoms with van der Waals surface area (Å²) >= 11 is 0. The second-order valence-electron chi connectivity index (χ2n) is 12.2. The Balaban J connectivity index is 0.000000688. The van der Waals surface area contributed by atoms with Gasteiger partial charge in [-0.3, -0.25) is 0 Å². The number of benzene rings is 3. The lowest BCUT2D eigenvalue weighted by molar-refractivity contribution is -0.110. The smallest absolute Gasteiger partial charge is 0.358 e. The van der Waals surface area contributed by atoms with Crippen LogP contribution in [0, 0.1) is 20.8 Å². The van der Waals surface area contributed by atoms with Crippen LogP contribution in [-0.4, -0.2) is 36.8 Å². The molecular weight excluding hydrogens is 555 g/mol. The maximum atomic E-state index is 10.4. The molecule has 0 aromatic heterocycles. The van der Waals surface area contributed by atoms with Crippen LogP contribution in [0.1, 0.15) is 67.7 Å². The van der Waals surface area contributed by atoms with E-state index < -0.39 is 6.18 Å². The van der Waals surface area contributed by atoms with Gasteiger partial charge in [-0.2, -0.15) is 13.2 Å². The maximum Gasteiger partial charge on any atom is 0.386 e. The predicted octanol–water partition coefficient (Wildman–Crippen LogP) is 10.1. The minimum absolute atomic E-state index is 0.0337. The highest BCUT2D eigenvalue weighted by atomic mass is 19.4. The van der Waals surface area contributed by atoms with Crippen LogP contribution in [0.4, 0.5) is 18.9 Å². The van der Waals surface area contributed by atoms with E-state index in [0.29, 0.717) is 0 Å². The van der Waals surface area contributed by atoms with E-state index in [1.165, 1.54) is 59.1 Å². The number of anilines is 1. The van der Waals surface area contributed by atoms with Gasteiger partial charge < -0.3 is 15.5 Å². The van der Waals surface area contributed by atoms with Gasteiger partial charge in [-0.05, 0) is 86.4 Å². The number of piperidine rings is 1. The molecule has 0 spiro atoms. The summed E-state index contributed by atoms with van der Waals surface area (Å²) in [4.78, 5) is 2.76. The van der Waals surface area contributed by atoms with Gasteiger partial charge in [0, 0.05) is 49.5 Å². The Bertz CT molecular complexity index is 1330. The third kappa shape index (κ3) is 10.4. The van der Waals surface area contributed by atoms with Gasteiger partial charge in [0.25, 0.3) is 0 Å². The van der Waals surface area contributed by atoms with E-state index in [2.05, 4.69) is 123 Å². The molecule has 0 amide bonds. The zero-order valence-electron chi connectivity index (χ0n) is 27.0. The minimum Gasteiger partial charge on any atom is -0.358 e. The fourth-order valence-electron chi connectivity index (χ4n) is 6.26. The lowest BCUT2D eigenvalue weighted by atomic mass is 9.79. The standard InChI is InChI=1S/C34H43N3.C2H3F3.C2H4/c1-25-8-7-9-30(22-25)29-13-15-31(16-14-29)34(18-20-37(21-19-34)33-10-5-6-11-33)35-24-28(4)36-32-17-12-26(2)27(3)23-32;1-2(3,4)5;1-2/h7-9,12-17,22-23,33,35-36H,4-6,10-11,18-21,24H2,1-3H3;1H3;1-2H2. The molecule has 0 atom stereocenters. The van der Waals surface area contributed by atoms with Crippen molar-refractivity contribution < 1.29 is 13.2 Å². The highest BCUT2D eigenvalue weighted by Gasteiger charge is 2.38. The average Bonchev–Trinajstić information content (AvgIpc) is 3.54. The zero-order valence-corrected chi connectivity index (χ0v) is 27.0. The normalized spacial score (nSPS) is 16.7. The minimum atomic E-state index is -4.00. The predicted molar refractivity (Wildman–Crippen MR) is 181 cm³/mol. The highest BCUT2D eigenvalue weighted by Crippen LogP contribution is 2.37. The molecule has 2 fully saturated rings. The fraction of sp³-hybridized carbons (Fsp3) is 0.421. The summed E-state index contributed by atoms with van der Waals surface area (Å²) in [5.41, 5.74) is 9.98. The molecule has 5 rings (SSSR count). The number of aryl methyl sites for hydroxylation is 3. The Hall–Kier alpha value is -3.35. The Kier molecular flexibility index (Phi) is 12.9. The number of nitrogens with zero attached hydrogens (tertiary/aromatic N) is 1. The molecular formula is C38H50F3N3. The number of halogens is 3. The molecule has 1 saturated carbocycles. The summed E-state index contributed by atoms with van der Waals surface area (Å²) in [6.45, 7) is 20.1. The van der Waals surface area contributed by atoms with E-state index in [1.54, 1.807) is 0 Å². The van der Waals surface area contributed by atoms with Gasteiger partial charge in [-0.15, -0.1) is 13.2 Å². The van der Waals surface area contributed by atoms with Gasteiger partial charge in [-0.1, -0.05) is 79.6 Å². The van der Waals surface area contributed by atoms with Crippen LogP contribution in [0.2, 0.25) is 0 Å². The first-order valence-electron chi connectivity index (χ1n) is 15.7. The van der Waals surface area contributed by atoms with Crippen LogP contribution in [0.5, 0.6) is 0 Å². The Morgan fingerprint density at radius 2 is 1.48 bits per heavy atom. The van der Waals surface area contributed by atoms with E-state index in [4.69, 9.17) is 0 Å². The van der Waals surface area contributed by atoms with Gasteiger partial charge in [0.15, 0.2) is 0 Å². The van der Waals surface area contributed by atoms with Crippen molar-refractivity contribution in [1.82, 2.24) is 10.2 Å². The number of rotatable bonds is 8. The van der Waals surface area contributed by atoms with Gasteiger partial charge in [0.05, 0.1) is 0 Å². The largest absolute Gasteiger partial charge is 0.386 e. The molecule has 2 N–H and O–H groups in total. The zero-order chi connectivity index (χ0) is 32.3. The number of hydrogen-bond donors (Lipinski definition) is 2. The second-order valence-corrected chi connectivity index (χ2v) is 12.2. The molecule has 1 aliphatic heterocycles. The third-order valence-electron chi connectivity index (χ3n) is 8.75. The molecule has 1 heterocycles. The van der Waals surface area contributed by atoms with Crippen LogP contribution < -0.4 is 10.6 Å². The number of alkyl halides is 3. The van der Waals surface area contributed by atoms with Crippen LogP contribution in [0.25, 0.3) is 11.1 Å². The van der Waals surface area contributed by atoms with Crippen LogP contribution in [-0.2, 0) is 5.54 Å². The molecule has 3 nitrogen and oxygen atoms in total. The molecule has 2 aliphatic rings. The molecule has 3 aromatic rings. The van der Waals surface area contributed by atoms with Crippen LogP contribution in [0.15, 0.2) is 92.2 Å². The molecule has 238 valence electrons. The summed E-state index contributed by atoms with van der Waals surface area (Å²) < 4.78 is 31.1. The molecule has 0 unspecified atom stereocenters. The summed E-state index contributed by atoms with van der Waals surface area (Å²) in [6, 6.07) is 25.4. The number of hydrogen-bond acceptors (Lipinski definition) is 3. The van der Waals surface area contributed by atoms with Gasteiger partial charge in [0.2, 0.25) is 0 Å². The van der Waals surface area contributed by atoms with E-state index in [1.807, 2.05) is 0 Å². The number of nitrogens with one attached hydrogen (secondary N) is 2. The summed E-state index contributed by atoms with van der Waals surface area (Å²) in [5, 5.41) is 7.53. The third-order valence-corrected chi connectivity index (χ3v) is 8.75. The SMILES string of the molecule is C=C.C=C(CNC1(c2ccc(-c3cccc(C)c3)cc2)CCN(C2CCCC2)CC1)Nc1ccc(C)c(C)c1.CC(F)(F)F. The fourth-order valence-corrected chi connectivity index (χ4v) is 6.26. The van der Waals surface area contributed by atoms with Crippen LogP contribution in [0.3, 0.4) is 0 Å². The van der Waals surface area contributed by atoms with Crippen molar-refractivity contribution in [2.24, 2.45) is 0 Å². The van der Waals surface area contributed by atoms with Crippen molar-refractivity contribution >= 4 is 5.69 Å². The molecule has 0 radical (unpaired) electrons. The molecule has 1 aliphatic carbocycles. The Labute approximate surface area is 263 Å². The molecule has 0 bridgehead atoms. The van der Waals surface area contributed by atoms with Crippen molar-refractivity contribution in [2.45, 2.75) is 84.0 Å². The quantitative estimate of drug-likeness (QED) is 0.250. The van der Waals surface area contributed by atoms with Gasteiger partial charge in [0.1, 0.15) is 0 Å². The highest BCUT2D eigenvalue weighted by molar-refractivity contribution is 5.64. The topological polar surface area (TPSA) is 27.3 Å². The van der Waals surface area contributed by atoms with Crippen molar-refractivity contribution in [2.75, 3.05) is 25.0 Å². The van der Waals surface area contributed by atoms with E-state index in [-0.39, 0.29) is 12.5 Å². The van der Waals surface area contributed by atoms with Crippen molar-refractivity contribution in [3.8, 4) is 11.1 Å². The lowest BCUT2D eigenvalue weighted by Gasteiger charge is -2.45. The first-order chi connectivity index (χ1) is 20.9. The average molecular weight is 606 g/mol. The van der Waals surface area contributed by atoms with E-state index in [9.17, 15) is 13.2 Å². The van der Waals surface area contributed by atoms with E-state index >= 15 is 0 Å². The van der Waals surface area contributed by atoms with Crippen LogP contribution >= 0.6 is 0 Å². The first kappa shape index (κ1) is 35.1. The van der Waals surface area contributed by atoms with E-state index in [0.717, 1.165) is 49.9 Å². The molecule has 1 saturated heterocycles. The Morgan fingerprint density at radius 1 is 0.864 bits per heavy atom. The van der Waals surface area contributed by atoms with Crippen molar-refractivity contribution in [3.05, 3.63) is 114 Å². The second kappa shape index (κ2) is 16.1. The van der Waals surface area contributed by atoms with Gasteiger partial charge >= 0.3 is 6.18 Å². The maximum absolute atomic E-state index is 10.4. The van der Waals surface area contributed by atoms with Crippen molar-refractivity contribution in [1.29, 1.82) is 0 Å². The van der Waals surface area contributed by atoms with Crippen molar-refractivity contribution in [3.63, 3.8) is 0 Å².